The van der Waals surface area contributed by atoms with Crippen molar-refractivity contribution in [3.8, 4) is 0 Å². The van der Waals surface area contributed by atoms with Crippen LogP contribution in [-0.4, -0.2) is 48.9 Å². The first-order valence-corrected chi connectivity index (χ1v) is 0. The summed E-state index contributed by atoms with van der Waals surface area (Å²) in [4.78, 5) is 0. The molecule has 0 fully saturated rings. The van der Waals surface area contributed by atoms with E-state index in [0.717, 1.165) is 0 Å². The molecule has 0 amide bonds. The fourth-order valence-electron chi connectivity index (χ4n) is 0. The van der Waals surface area contributed by atoms with Gasteiger partial charge in [0.05, 0.1) is 0 Å². The van der Waals surface area contributed by atoms with Crippen LogP contribution in [0.5, 0.6) is 0 Å². The third-order valence-electron chi connectivity index (χ3n) is 0. The summed E-state index contributed by atoms with van der Waals surface area (Å²) >= 11 is 0. The van der Waals surface area contributed by atoms with Crippen LogP contribution in [0.15, 0.2) is 0 Å². The zero-order chi connectivity index (χ0) is 0. The average molecular weight is 643 g/mol. The smallest absolute Gasteiger partial charge is 1.00 e. The topological polar surface area (TPSA) is 0 Å². The van der Waals surface area contributed by atoms with Crippen LogP contribution in [0.4, 0.5) is 42.3 Å². The Morgan fingerprint density at radius 3 is 0.417 bits per heavy atom. The van der Waals surface area contributed by atoms with E-state index in [1.807, 2.05) is 0 Å². The normalized spacial score (nSPS) is 0. The second-order valence-corrected chi connectivity index (χ2v) is 0. The van der Waals surface area contributed by atoms with Crippen molar-refractivity contribution in [3.05, 3.63) is 0 Å². The van der Waals surface area contributed by atoms with Gasteiger partial charge in [0, 0.05) is 66.1 Å². The molecule has 0 spiro atoms. The molecule has 0 heterocycles. The van der Waals surface area contributed by atoms with E-state index in [-0.39, 0.29) is 160 Å². The van der Waals surface area contributed by atoms with Gasteiger partial charge in [0.2, 0.25) is 0 Å². The van der Waals surface area contributed by atoms with Crippen LogP contribution in [0.25, 0.3) is 0 Å². The molecule has 0 aliphatic heterocycles. The molecule has 0 aliphatic rings. The van der Waals surface area contributed by atoms with Crippen molar-refractivity contribution in [2.24, 2.45) is 0 Å². The van der Waals surface area contributed by atoms with Crippen LogP contribution >= 0.6 is 0 Å². The van der Waals surface area contributed by atoms with Crippen molar-refractivity contribution < 1.29 is 111 Å². The molecule has 0 rings (SSSR count). The Kier molecular flexibility index (Phi) is 6290. The van der Waals surface area contributed by atoms with Gasteiger partial charge in [-0.15, -0.1) is 0 Å². The van der Waals surface area contributed by atoms with Gasteiger partial charge in [-0.2, -0.15) is 0 Å². The van der Waals surface area contributed by atoms with Crippen LogP contribution in [0.1, 0.15) is 2.85 Å². The summed E-state index contributed by atoms with van der Waals surface area (Å²) in [7, 11) is 0. The Labute approximate surface area is 157 Å². The SMILES string of the molecule is F.F.F.F.F.F.F.F.F.[Ba+2].[H-].[H-].[Th].[Zr]. The van der Waals surface area contributed by atoms with Crippen LogP contribution in [0, 0.1) is 39.9 Å². The molecule has 84 valence electrons. The fourth-order valence-corrected chi connectivity index (χ4v) is 0. The van der Waals surface area contributed by atoms with E-state index in [0.29, 0.717) is 0 Å². The maximum Gasteiger partial charge on any atom is 2.00 e. The Morgan fingerprint density at radius 1 is 0.417 bits per heavy atom. The van der Waals surface area contributed by atoms with E-state index in [9.17, 15) is 0 Å². The van der Waals surface area contributed by atoms with E-state index < -0.39 is 0 Å². The van der Waals surface area contributed by atoms with Crippen LogP contribution in [-0.2, 0) is 26.2 Å². The number of hydrogen-bond acceptors (Lipinski definition) is 0. The van der Waals surface area contributed by atoms with Crippen LogP contribution in [0.3, 0.4) is 0 Å². The van der Waals surface area contributed by atoms with E-state index in [1.54, 1.807) is 0 Å². The van der Waals surface area contributed by atoms with Crippen molar-refractivity contribution in [2.45, 2.75) is 0 Å². The molecule has 0 radical (unpaired) electrons. The van der Waals surface area contributed by atoms with Gasteiger partial charge in [0.1, 0.15) is 0 Å². The Hall–Kier alpha value is 3.15. The molecule has 0 aliphatic carbocycles. The summed E-state index contributed by atoms with van der Waals surface area (Å²) in [5, 5.41) is 0. The second-order valence-electron chi connectivity index (χ2n) is 0. The maximum absolute atomic E-state index is 0. The first-order chi connectivity index (χ1) is 0. The molecule has 0 N–H and O–H groups in total. The van der Waals surface area contributed by atoms with Crippen molar-refractivity contribution >= 4 is 48.9 Å². The molecule has 0 atom stereocenters. The summed E-state index contributed by atoms with van der Waals surface area (Å²) in [5.41, 5.74) is 0. The summed E-state index contributed by atoms with van der Waals surface area (Å²) < 4.78 is 0. The van der Waals surface area contributed by atoms with Gasteiger partial charge in [-0.3, -0.25) is 42.3 Å². The van der Waals surface area contributed by atoms with Crippen molar-refractivity contribution in [1.82, 2.24) is 0 Å². The van der Waals surface area contributed by atoms with Gasteiger partial charge in [-0.1, -0.05) is 0 Å². The van der Waals surface area contributed by atoms with Gasteiger partial charge in [-0.25, -0.2) is 0 Å². The van der Waals surface area contributed by atoms with Gasteiger partial charge < -0.3 is 2.85 Å². The van der Waals surface area contributed by atoms with Crippen molar-refractivity contribution in [1.29, 1.82) is 0 Å². The minimum Gasteiger partial charge on any atom is -1.00 e. The minimum absolute atomic E-state index is 0. The summed E-state index contributed by atoms with van der Waals surface area (Å²) in [6, 6.07) is 0. The zero-order valence-electron chi connectivity index (χ0n) is 7.38. The number of rotatable bonds is 0. The first kappa shape index (κ1) is 306. The Bertz CT molecular complexity index is 22.8. The standard InChI is InChI=1S/Ba.9FH.Th.Zr.2H/h;9*1H;;;;/q+2;;;;;;;;;;;;2*-1. The molecule has 0 aromatic rings. The molecule has 0 bridgehead atoms. The summed E-state index contributed by atoms with van der Waals surface area (Å²) in [6.07, 6.45) is 0. The average Bonchev–Trinajstić information content (AvgIpc) is 0. The molecule has 0 unspecified atom stereocenters. The predicted octanol–water partition coefficient (Wildman–Crippen LogP) is 1.21. The van der Waals surface area contributed by atoms with E-state index in [4.69, 9.17) is 0 Å². The van der Waals surface area contributed by atoms with Crippen molar-refractivity contribution in [2.75, 3.05) is 0 Å². The third kappa shape index (κ3) is 196. The molecule has 0 aromatic heterocycles. The molecular formula is H11BaF9ThZr. The van der Waals surface area contributed by atoms with Gasteiger partial charge >= 0.3 is 48.9 Å². The quantitative estimate of drug-likeness (QED) is 0.276. The molecule has 0 saturated heterocycles. The van der Waals surface area contributed by atoms with E-state index >= 15 is 0 Å². The maximum atomic E-state index is 0. The Morgan fingerprint density at radius 2 is 0.417 bits per heavy atom. The van der Waals surface area contributed by atoms with E-state index in [2.05, 4.69) is 0 Å². The molecule has 0 aromatic carbocycles. The van der Waals surface area contributed by atoms with Gasteiger partial charge in [0.15, 0.2) is 0 Å². The zero-order valence-corrected chi connectivity index (χ0v) is 16.4. The molecular weight excluding hydrogens is 632 g/mol. The number of hydrogen-bond donors (Lipinski definition) is 0. The van der Waals surface area contributed by atoms with Crippen LogP contribution < -0.4 is 0 Å². The summed E-state index contributed by atoms with van der Waals surface area (Å²) in [6.45, 7) is 0. The van der Waals surface area contributed by atoms with Crippen molar-refractivity contribution in [3.63, 3.8) is 0 Å². The van der Waals surface area contributed by atoms with Gasteiger partial charge in [0.25, 0.3) is 0 Å². The molecule has 0 saturated carbocycles. The fraction of sp³-hybridized carbons (Fsp3) is 0. The number of halogens is 9. The minimum atomic E-state index is 0. The summed E-state index contributed by atoms with van der Waals surface area (Å²) in [5.74, 6) is 0. The second kappa shape index (κ2) is 247. The predicted molar refractivity (Wildman–Crippen MR) is 30.5 cm³/mol. The molecule has 0 nitrogen and oxygen atoms in total. The van der Waals surface area contributed by atoms with Crippen LogP contribution in [0.2, 0.25) is 0 Å². The Balaban J connectivity index is 0. The molecule has 12 heteroatoms. The first-order valence-electron chi connectivity index (χ1n) is 0. The largest absolute Gasteiger partial charge is 2.00 e. The van der Waals surface area contributed by atoms with Gasteiger partial charge in [-0.05, 0) is 0 Å². The third-order valence-corrected chi connectivity index (χ3v) is 0. The van der Waals surface area contributed by atoms with E-state index in [1.165, 1.54) is 0 Å². The monoisotopic (exact) mass is 642 g/mol. The molecule has 12 heavy (non-hydrogen) atoms.